The van der Waals surface area contributed by atoms with Gasteiger partial charge in [-0.25, -0.2) is 0 Å². The van der Waals surface area contributed by atoms with Crippen molar-refractivity contribution >= 4 is 5.97 Å². The fourth-order valence-electron chi connectivity index (χ4n) is 12.4. The van der Waals surface area contributed by atoms with Gasteiger partial charge in [-0.3, -0.25) is 4.79 Å². The molecule has 6 heteroatoms. The van der Waals surface area contributed by atoms with Gasteiger partial charge in [-0.2, -0.15) is 0 Å². The Morgan fingerprint density at radius 2 is 1.62 bits per heavy atom. The molecule has 6 rings (SSSR count). The molecule has 0 amide bonds. The first-order valence-electron chi connectivity index (χ1n) is 17.9. The molecule has 0 radical (unpaired) electrons. The maximum atomic E-state index is 13.3. The van der Waals surface area contributed by atoms with Crippen molar-refractivity contribution in [3.8, 4) is 0 Å². The molecule has 0 unspecified atom stereocenters. The third-order valence-electron chi connectivity index (χ3n) is 15.1. The van der Waals surface area contributed by atoms with E-state index in [4.69, 9.17) is 15.2 Å². The van der Waals surface area contributed by atoms with Crippen LogP contribution in [-0.4, -0.2) is 51.7 Å². The van der Waals surface area contributed by atoms with Crippen molar-refractivity contribution in [3.05, 3.63) is 35.9 Å². The Balaban J connectivity index is 1.21. The molecule has 0 spiro atoms. The number of nitrogens with two attached hydrogens (primary N) is 1. The molecule has 4 aliphatic carbocycles. The zero-order valence-corrected chi connectivity index (χ0v) is 29.3. The van der Waals surface area contributed by atoms with E-state index in [1.165, 1.54) is 0 Å². The summed E-state index contributed by atoms with van der Waals surface area (Å²) in [5.41, 5.74) is 6.24. The van der Waals surface area contributed by atoms with E-state index in [0.29, 0.717) is 24.2 Å². The summed E-state index contributed by atoms with van der Waals surface area (Å²) in [6.07, 6.45) is 8.68. The van der Waals surface area contributed by atoms with Gasteiger partial charge in [0.25, 0.3) is 0 Å². The van der Waals surface area contributed by atoms with E-state index >= 15 is 0 Å². The van der Waals surface area contributed by atoms with Crippen molar-refractivity contribution < 1.29 is 24.5 Å². The number of carbonyl (C=O) groups is 1. The highest BCUT2D eigenvalue weighted by atomic mass is 16.5. The Hall–Kier alpha value is -1.47. The van der Waals surface area contributed by atoms with E-state index in [1.807, 2.05) is 44.2 Å². The first-order valence-corrected chi connectivity index (χ1v) is 17.9. The lowest BCUT2D eigenvalue weighted by Gasteiger charge is -2.70. The van der Waals surface area contributed by atoms with Crippen molar-refractivity contribution in [3.63, 3.8) is 0 Å². The quantitative estimate of drug-likeness (QED) is 0.300. The van der Waals surface area contributed by atoms with E-state index in [2.05, 4.69) is 41.5 Å². The lowest BCUT2D eigenvalue weighted by Crippen LogP contribution is -2.67. The Morgan fingerprint density at radius 1 is 0.956 bits per heavy atom. The highest BCUT2D eigenvalue weighted by Crippen LogP contribution is 2.76. The van der Waals surface area contributed by atoms with Crippen molar-refractivity contribution in [2.24, 2.45) is 51.1 Å². The predicted molar refractivity (Wildman–Crippen MR) is 177 cm³/mol. The molecule has 1 aliphatic heterocycles. The Kier molecular flexibility index (Phi) is 8.20. The molecule has 6 nitrogen and oxygen atoms in total. The molecule has 4 saturated carbocycles. The van der Waals surface area contributed by atoms with Gasteiger partial charge in [0.1, 0.15) is 12.1 Å². The van der Waals surface area contributed by atoms with Crippen LogP contribution >= 0.6 is 0 Å². The number of benzene rings is 1. The Labute approximate surface area is 272 Å². The Bertz CT molecular complexity index is 1260. The molecule has 252 valence electrons. The minimum absolute atomic E-state index is 0.0187. The van der Waals surface area contributed by atoms with Crippen molar-refractivity contribution in [1.82, 2.24) is 0 Å². The number of rotatable bonds is 6. The maximum absolute atomic E-state index is 13.3. The number of aliphatic hydroxyl groups excluding tert-OH is 1. The highest BCUT2D eigenvalue weighted by Gasteiger charge is 2.72. The first kappa shape index (κ1) is 33.4. The van der Waals surface area contributed by atoms with Crippen LogP contribution in [0.25, 0.3) is 0 Å². The van der Waals surface area contributed by atoms with Crippen molar-refractivity contribution in [2.75, 3.05) is 0 Å². The van der Waals surface area contributed by atoms with Gasteiger partial charge in [0.2, 0.25) is 0 Å². The molecule has 0 bridgehead atoms. The fraction of sp³-hybridized carbons (Fsp3) is 0.821. The van der Waals surface area contributed by atoms with Crippen molar-refractivity contribution in [2.45, 2.75) is 155 Å². The average Bonchev–Trinajstić information content (AvgIpc) is 3.55. The van der Waals surface area contributed by atoms with Crippen molar-refractivity contribution in [1.29, 1.82) is 0 Å². The van der Waals surface area contributed by atoms with Gasteiger partial charge in [-0.1, -0.05) is 65.0 Å². The highest BCUT2D eigenvalue weighted by molar-refractivity contribution is 5.76. The lowest BCUT2D eigenvalue weighted by atomic mass is 9.35. The molecule has 5 fully saturated rings. The zero-order valence-electron chi connectivity index (χ0n) is 29.3. The summed E-state index contributed by atoms with van der Waals surface area (Å²) in [6.45, 7) is 18.1. The molecule has 4 N–H and O–H groups in total. The summed E-state index contributed by atoms with van der Waals surface area (Å²) in [4.78, 5) is 13.3. The van der Waals surface area contributed by atoms with Gasteiger partial charge in [0.05, 0.1) is 23.4 Å². The number of aliphatic hydroxyl groups is 2. The van der Waals surface area contributed by atoms with Crippen LogP contribution in [-0.2, 0) is 20.7 Å². The lowest BCUT2D eigenvalue weighted by molar-refractivity contribution is -0.251. The molecule has 1 aromatic carbocycles. The molecule has 1 saturated heterocycles. The molecule has 12 atom stereocenters. The molecule has 1 heterocycles. The minimum atomic E-state index is -0.859. The van der Waals surface area contributed by atoms with Crippen LogP contribution in [0.2, 0.25) is 0 Å². The SMILES string of the molecule is CC(C)(O)[C@@H]1CC[C@@](C)([C@H]2CC[C@]3(C)[C@@H]2[C@H](O)C[C@@H]2[C@@]4(C)CC[C@H](OC(=O)[C@@H](N)Cc5ccccc5)C(C)(C)[C@@H]4CC[C@]23C)O1. The van der Waals surface area contributed by atoms with E-state index in [-0.39, 0.29) is 57.5 Å². The minimum Gasteiger partial charge on any atom is -0.461 e. The summed E-state index contributed by atoms with van der Waals surface area (Å²) >= 11 is 0. The van der Waals surface area contributed by atoms with Crippen LogP contribution in [0.5, 0.6) is 0 Å². The molecular weight excluding hydrogens is 562 g/mol. The number of hydrogen-bond donors (Lipinski definition) is 3. The number of hydrogen-bond acceptors (Lipinski definition) is 6. The second-order valence-electron chi connectivity index (χ2n) is 18.2. The number of carbonyl (C=O) groups excluding carboxylic acids is 1. The van der Waals surface area contributed by atoms with E-state index in [0.717, 1.165) is 63.4 Å². The topological polar surface area (TPSA) is 102 Å². The van der Waals surface area contributed by atoms with E-state index in [9.17, 15) is 15.0 Å². The summed E-state index contributed by atoms with van der Waals surface area (Å²) in [6, 6.07) is 9.26. The van der Waals surface area contributed by atoms with Gasteiger partial charge < -0.3 is 25.4 Å². The Morgan fingerprint density at radius 3 is 2.27 bits per heavy atom. The normalized spacial score (nSPS) is 46.5. The standard InChI is InChI=1S/C39H61NO5/c1-34(2)28-15-20-37(6)29(36(28,5)18-16-30(34)44-33(42)26(40)22-24-12-10-9-11-13-24)23-27(41)32-25(14-19-38(32,37)7)39(8)21-17-31(45-39)35(3,4)43/h9-13,25-32,41,43H,14-23,40H2,1-8H3/t25-,26-,27+,28-,29+,30-,31-,32-,36-,37+,38+,39-/m0/s1. The monoisotopic (exact) mass is 623 g/mol. The van der Waals surface area contributed by atoms with Gasteiger partial charge >= 0.3 is 5.97 Å². The molecule has 1 aromatic rings. The van der Waals surface area contributed by atoms with Crippen LogP contribution < -0.4 is 5.73 Å². The fourth-order valence-corrected chi connectivity index (χ4v) is 12.4. The average molecular weight is 624 g/mol. The second-order valence-corrected chi connectivity index (χ2v) is 18.2. The maximum Gasteiger partial charge on any atom is 0.323 e. The zero-order chi connectivity index (χ0) is 32.8. The number of esters is 1. The van der Waals surface area contributed by atoms with E-state index < -0.39 is 11.6 Å². The molecular formula is C39H61NO5. The number of ether oxygens (including phenoxy) is 2. The van der Waals surface area contributed by atoms with Crippen LogP contribution in [0, 0.1) is 45.3 Å². The van der Waals surface area contributed by atoms with Gasteiger partial charge in [-0.05, 0) is 130 Å². The van der Waals surface area contributed by atoms with Gasteiger partial charge in [0, 0.05) is 5.41 Å². The van der Waals surface area contributed by atoms with E-state index in [1.54, 1.807) is 0 Å². The van der Waals surface area contributed by atoms with Crippen LogP contribution in [0.4, 0.5) is 0 Å². The first-order chi connectivity index (χ1) is 20.9. The summed E-state index contributed by atoms with van der Waals surface area (Å²) < 4.78 is 13.0. The van der Waals surface area contributed by atoms with Crippen LogP contribution in [0.1, 0.15) is 119 Å². The summed E-state index contributed by atoms with van der Waals surface area (Å²) in [5.74, 6) is 0.987. The molecule has 5 aliphatic rings. The largest absolute Gasteiger partial charge is 0.461 e. The van der Waals surface area contributed by atoms with Gasteiger partial charge in [-0.15, -0.1) is 0 Å². The predicted octanol–water partition coefficient (Wildman–Crippen LogP) is 6.83. The summed E-state index contributed by atoms with van der Waals surface area (Å²) in [5, 5.41) is 22.9. The van der Waals surface area contributed by atoms with Crippen LogP contribution in [0.3, 0.4) is 0 Å². The smallest absolute Gasteiger partial charge is 0.323 e. The third kappa shape index (κ3) is 5.14. The van der Waals surface area contributed by atoms with Gasteiger partial charge in [0.15, 0.2) is 0 Å². The molecule has 45 heavy (non-hydrogen) atoms. The summed E-state index contributed by atoms with van der Waals surface area (Å²) in [7, 11) is 0. The second kappa shape index (κ2) is 11.0. The number of fused-ring (bicyclic) bond motifs is 5. The third-order valence-corrected chi connectivity index (χ3v) is 15.1. The molecule has 0 aromatic heterocycles. The van der Waals surface area contributed by atoms with Crippen LogP contribution in [0.15, 0.2) is 30.3 Å².